The maximum atomic E-state index is 11.3. The smallest absolute Gasteiger partial charge is 0.265 e. The van der Waals surface area contributed by atoms with Gasteiger partial charge in [0, 0.05) is 24.3 Å². The van der Waals surface area contributed by atoms with Crippen LogP contribution in [0, 0.1) is 0 Å². The van der Waals surface area contributed by atoms with Crippen molar-refractivity contribution in [3.8, 4) is 0 Å². The zero-order valence-electron chi connectivity index (χ0n) is 10.6. The third-order valence-electron chi connectivity index (χ3n) is 2.61. The van der Waals surface area contributed by atoms with Gasteiger partial charge in [-0.2, -0.15) is 0 Å². The van der Waals surface area contributed by atoms with Gasteiger partial charge in [0.15, 0.2) is 0 Å². The van der Waals surface area contributed by atoms with E-state index in [2.05, 4.69) is 24.2 Å². The monoisotopic (exact) mass is 235 g/mol. The topological polar surface area (TPSA) is 58.4 Å². The van der Waals surface area contributed by atoms with Crippen LogP contribution in [-0.4, -0.2) is 19.0 Å². The van der Waals surface area contributed by atoms with E-state index in [0.717, 1.165) is 31.6 Å². The van der Waals surface area contributed by atoms with E-state index in [-0.39, 0.29) is 5.91 Å². The Kier molecular flexibility index (Phi) is 5.49. The number of anilines is 1. The van der Waals surface area contributed by atoms with Gasteiger partial charge in [0.25, 0.3) is 5.91 Å². The number of carbonyl (C=O) groups is 1. The van der Waals surface area contributed by atoms with Crippen LogP contribution in [0.25, 0.3) is 0 Å². The Morgan fingerprint density at radius 3 is 2.12 bits per heavy atom. The summed E-state index contributed by atoms with van der Waals surface area (Å²) in [4.78, 5) is 13.6. The number of amides is 1. The highest BCUT2D eigenvalue weighted by molar-refractivity contribution is 5.94. The first-order valence-corrected chi connectivity index (χ1v) is 6.08. The molecule has 1 aromatic carbocycles. The van der Waals surface area contributed by atoms with E-state index >= 15 is 0 Å². The molecule has 1 aromatic rings. The fraction of sp³-hybridized carbons (Fsp3) is 0.462. The Hall–Kier alpha value is -1.55. The average Bonchev–Trinajstić information content (AvgIpc) is 2.38. The molecule has 0 radical (unpaired) electrons. The highest BCUT2D eigenvalue weighted by Crippen LogP contribution is 2.16. The minimum absolute atomic E-state index is 0.255. The van der Waals surface area contributed by atoms with Gasteiger partial charge >= 0.3 is 0 Å². The number of hydrogen-bond acceptors (Lipinski definition) is 3. The molecule has 3 N–H and O–H groups in total. The first-order valence-electron chi connectivity index (χ1n) is 6.08. The number of rotatable bonds is 6. The van der Waals surface area contributed by atoms with Gasteiger partial charge in [-0.05, 0) is 37.1 Å². The lowest BCUT2D eigenvalue weighted by Gasteiger charge is -2.23. The van der Waals surface area contributed by atoms with Crippen molar-refractivity contribution in [2.45, 2.75) is 26.7 Å². The van der Waals surface area contributed by atoms with E-state index in [1.807, 2.05) is 12.1 Å². The summed E-state index contributed by atoms with van der Waals surface area (Å²) in [6.45, 7) is 6.41. The molecule has 1 amide bonds. The number of nitrogen functional groups attached to an aromatic ring is 1. The van der Waals surface area contributed by atoms with Crippen molar-refractivity contribution in [1.29, 1.82) is 0 Å². The molecule has 1 rings (SSSR count). The maximum absolute atomic E-state index is 11.3. The lowest BCUT2D eigenvalue weighted by molar-refractivity contribution is 0.0953. The second kappa shape index (κ2) is 6.91. The summed E-state index contributed by atoms with van der Waals surface area (Å²) >= 11 is 0. The van der Waals surface area contributed by atoms with E-state index in [9.17, 15) is 4.79 Å². The minimum atomic E-state index is -0.255. The van der Waals surface area contributed by atoms with E-state index in [1.165, 1.54) is 0 Å². The highest BCUT2D eigenvalue weighted by atomic mass is 16.2. The molecule has 0 aromatic heterocycles. The van der Waals surface area contributed by atoms with Crippen LogP contribution in [0.5, 0.6) is 0 Å². The van der Waals surface area contributed by atoms with Gasteiger partial charge in [-0.25, -0.2) is 5.84 Å². The number of nitrogens with one attached hydrogen (secondary N) is 1. The molecule has 0 aliphatic rings. The largest absolute Gasteiger partial charge is 0.372 e. The van der Waals surface area contributed by atoms with Gasteiger partial charge in [-0.1, -0.05) is 13.8 Å². The van der Waals surface area contributed by atoms with Crippen molar-refractivity contribution in [1.82, 2.24) is 5.43 Å². The molecule has 0 aliphatic heterocycles. The van der Waals surface area contributed by atoms with Crippen LogP contribution < -0.4 is 16.2 Å². The van der Waals surface area contributed by atoms with Crippen LogP contribution in [-0.2, 0) is 0 Å². The van der Waals surface area contributed by atoms with Crippen LogP contribution in [0.3, 0.4) is 0 Å². The predicted octanol–water partition coefficient (Wildman–Crippen LogP) is 1.92. The first kappa shape index (κ1) is 13.5. The van der Waals surface area contributed by atoms with Crippen molar-refractivity contribution >= 4 is 11.6 Å². The van der Waals surface area contributed by atoms with Crippen molar-refractivity contribution < 1.29 is 4.79 Å². The summed E-state index contributed by atoms with van der Waals surface area (Å²) in [6, 6.07) is 7.54. The zero-order valence-corrected chi connectivity index (χ0v) is 10.6. The molecule has 4 heteroatoms. The summed E-state index contributed by atoms with van der Waals surface area (Å²) < 4.78 is 0. The van der Waals surface area contributed by atoms with Crippen molar-refractivity contribution in [2.75, 3.05) is 18.0 Å². The number of carbonyl (C=O) groups excluding carboxylic acids is 1. The second-order valence-corrected chi connectivity index (χ2v) is 4.01. The molecule has 0 heterocycles. The molecule has 0 fully saturated rings. The highest BCUT2D eigenvalue weighted by Gasteiger charge is 2.06. The Morgan fingerprint density at radius 1 is 1.18 bits per heavy atom. The van der Waals surface area contributed by atoms with Crippen LogP contribution in [0.2, 0.25) is 0 Å². The van der Waals surface area contributed by atoms with Crippen molar-refractivity contribution in [3.63, 3.8) is 0 Å². The molecule has 0 aliphatic carbocycles. The van der Waals surface area contributed by atoms with E-state index in [0.29, 0.717) is 5.56 Å². The van der Waals surface area contributed by atoms with E-state index in [4.69, 9.17) is 5.84 Å². The average molecular weight is 235 g/mol. The Labute approximate surface area is 103 Å². The molecular weight excluding hydrogens is 214 g/mol. The van der Waals surface area contributed by atoms with E-state index < -0.39 is 0 Å². The fourth-order valence-corrected chi connectivity index (χ4v) is 1.82. The van der Waals surface area contributed by atoms with Gasteiger partial charge in [0.05, 0.1) is 0 Å². The fourth-order valence-electron chi connectivity index (χ4n) is 1.82. The molecular formula is C13H21N3O. The molecule has 4 nitrogen and oxygen atoms in total. The molecule has 0 saturated heterocycles. The van der Waals surface area contributed by atoms with Gasteiger partial charge < -0.3 is 4.90 Å². The van der Waals surface area contributed by atoms with Gasteiger partial charge in [-0.15, -0.1) is 0 Å². The maximum Gasteiger partial charge on any atom is 0.265 e. The predicted molar refractivity (Wildman–Crippen MR) is 70.9 cm³/mol. The second-order valence-electron chi connectivity index (χ2n) is 4.01. The molecule has 0 atom stereocenters. The number of benzene rings is 1. The number of nitrogens with two attached hydrogens (primary N) is 1. The number of hydrogen-bond donors (Lipinski definition) is 2. The van der Waals surface area contributed by atoms with Crippen LogP contribution >= 0.6 is 0 Å². The summed E-state index contributed by atoms with van der Waals surface area (Å²) in [5.41, 5.74) is 3.87. The van der Waals surface area contributed by atoms with Gasteiger partial charge in [0.1, 0.15) is 0 Å². The lowest BCUT2D eigenvalue weighted by atomic mass is 10.1. The Bertz CT molecular complexity index is 342. The Balaban J connectivity index is 2.80. The van der Waals surface area contributed by atoms with E-state index in [1.54, 1.807) is 12.1 Å². The van der Waals surface area contributed by atoms with Crippen molar-refractivity contribution in [2.24, 2.45) is 5.84 Å². The first-order chi connectivity index (χ1) is 8.22. The quantitative estimate of drug-likeness (QED) is 0.450. The molecule has 0 bridgehead atoms. The van der Waals surface area contributed by atoms with Crippen LogP contribution in [0.4, 0.5) is 5.69 Å². The van der Waals surface area contributed by atoms with Gasteiger partial charge in [0.2, 0.25) is 0 Å². The summed E-state index contributed by atoms with van der Waals surface area (Å²) in [5, 5.41) is 0. The SMILES string of the molecule is CCCN(CCC)c1ccc(C(=O)NN)cc1. The third-order valence-corrected chi connectivity index (χ3v) is 2.61. The zero-order chi connectivity index (χ0) is 12.7. The third kappa shape index (κ3) is 3.75. The molecule has 94 valence electrons. The van der Waals surface area contributed by atoms with Crippen LogP contribution in [0.1, 0.15) is 37.0 Å². The summed E-state index contributed by atoms with van der Waals surface area (Å²) in [6.07, 6.45) is 2.23. The summed E-state index contributed by atoms with van der Waals surface area (Å²) in [5.74, 6) is 4.83. The standard InChI is InChI=1S/C13H21N3O/c1-3-9-16(10-4-2)12-7-5-11(6-8-12)13(17)15-14/h5-8H,3-4,9-10,14H2,1-2H3,(H,15,17). The Morgan fingerprint density at radius 2 is 1.71 bits per heavy atom. The minimum Gasteiger partial charge on any atom is -0.372 e. The molecule has 17 heavy (non-hydrogen) atoms. The van der Waals surface area contributed by atoms with Crippen molar-refractivity contribution in [3.05, 3.63) is 29.8 Å². The van der Waals surface area contributed by atoms with Crippen LogP contribution in [0.15, 0.2) is 24.3 Å². The normalized spacial score (nSPS) is 10.1. The molecule has 0 unspecified atom stereocenters. The lowest BCUT2D eigenvalue weighted by Crippen LogP contribution is -2.30. The summed E-state index contributed by atoms with van der Waals surface area (Å²) in [7, 11) is 0. The number of hydrazine groups is 1. The number of nitrogens with zero attached hydrogens (tertiary/aromatic N) is 1. The van der Waals surface area contributed by atoms with Gasteiger partial charge in [-0.3, -0.25) is 10.2 Å². The molecule has 0 saturated carbocycles. The molecule has 0 spiro atoms.